The second kappa shape index (κ2) is 10.7. The molecule has 0 aromatic heterocycles. The van der Waals surface area contributed by atoms with Crippen LogP contribution in [0.25, 0.3) is 0 Å². The molecule has 0 spiro atoms. The van der Waals surface area contributed by atoms with Crippen molar-refractivity contribution in [1.29, 1.82) is 0 Å². The topological polar surface area (TPSA) is 31.2 Å². The third-order valence-electron chi connectivity index (χ3n) is 5.39. The molecular formula is C21H34N4S. The Labute approximate surface area is 164 Å². The van der Waals surface area contributed by atoms with Crippen LogP contribution in [0.4, 0.5) is 0 Å². The average Bonchev–Trinajstić information content (AvgIpc) is 3.20. The molecule has 1 saturated heterocycles. The third kappa shape index (κ3) is 5.85. The number of piperidine rings is 1. The van der Waals surface area contributed by atoms with E-state index in [0.717, 1.165) is 42.9 Å². The standard InChI is InChI=1S/C21H34N4S/c1-6-17(2)15-18(16-22-3)21(24(4)20-9-7-8-10-20)23-19-11-13-25(26-5)14-12-19/h6,15-16,19-20H,1,3,7-14H2,2,4-5H3/b17-15-,18-16-,23-21?. The Bertz CT molecular complexity index is 565. The molecule has 2 fully saturated rings. The van der Waals surface area contributed by atoms with Gasteiger partial charge in [0.25, 0.3) is 0 Å². The Morgan fingerprint density at radius 1 is 1.19 bits per heavy atom. The van der Waals surface area contributed by atoms with E-state index in [1.54, 1.807) is 0 Å². The molecule has 144 valence electrons. The molecule has 0 radical (unpaired) electrons. The number of hydrogen-bond acceptors (Lipinski definition) is 4. The molecule has 26 heavy (non-hydrogen) atoms. The number of amidine groups is 1. The third-order valence-corrected chi connectivity index (χ3v) is 6.27. The fourth-order valence-corrected chi connectivity index (χ4v) is 4.30. The summed E-state index contributed by atoms with van der Waals surface area (Å²) in [6.07, 6.45) is 15.4. The minimum atomic E-state index is 0.378. The van der Waals surface area contributed by atoms with Gasteiger partial charge in [-0.3, -0.25) is 14.3 Å². The predicted molar refractivity (Wildman–Crippen MR) is 117 cm³/mol. The second-order valence-electron chi connectivity index (χ2n) is 7.20. The smallest absolute Gasteiger partial charge is 0.132 e. The van der Waals surface area contributed by atoms with Gasteiger partial charge in [0.05, 0.1) is 6.04 Å². The number of rotatable bonds is 7. The van der Waals surface area contributed by atoms with Crippen LogP contribution < -0.4 is 0 Å². The lowest BCUT2D eigenvalue weighted by Gasteiger charge is -2.32. The van der Waals surface area contributed by atoms with Gasteiger partial charge in [-0.2, -0.15) is 0 Å². The molecule has 0 N–H and O–H groups in total. The highest BCUT2D eigenvalue weighted by atomic mass is 32.2. The van der Waals surface area contributed by atoms with Gasteiger partial charge < -0.3 is 4.90 Å². The van der Waals surface area contributed by atoms with Gasteiger partial charge in [-0.05, 0) is 51.7 Å². The fourth-order valence-electron chi connectivity index (χ4n) is 3.72. The molecule has 5 heteroatoms. The molecular weight excluding hydrogens is 340 g/mol. The summed E-state index contributed by atoms with van der Waals surface area (Å²) in [6.45, 7) is 11.8. The van der Waals surface area contributed by atoms with Gasteiger partial charge in [0.15, 0.2) is 0 Å². The van der Waals surface area contributed by atoms with Gasteiger partial charge in [-0.15, -0.1) is 0 Å². The Morgan fingerprint density at radius 3 is 2.38 bits per heavy atom. The maximum atomic E-state index is 5.23. The minimum Gasteiger partial charge on any atom is -0.356 e. The van der Waals surface area contributed by atoms with E-state index in [2.05, 4.69) is 53.8 Å². The van der Waals surface area contributed by atoms with Crippen molar-refractivity contribution >= 4 is 24.5 Å². The summed E-state index contributed by atoms with van der Waals surface area (Å²) in [5, 5.41) is 0. The van der Waals surface area contributed by atoms with Crippen molar-refractivity contribution in [2.24, 2.45) is 9.98 Å². The lowest BCUT2D eigenvalue weighted by atomic mass is 10.1. The molecule has 1 aliphatic heterocycles. The van der Waals surface area contributed by atoms with Crippen LogP contribution in [0.2, 0.25) is 0 Å². The van der Waals surface area contributed by atoms with Crippen molar-refractivity contribution in [2.45, 2.75) is 57.5 Å². The maximum Gasteiger partial charge on any atom is 0.132 e. The van der Waals surface area contributed by atoms with Crippen molar-refractivity contribution < 1.29 is 0 Å². The summed E-state index contributed by atoms with van der Waals surface area (Å²) < 4.78 is 2.43. The van der Waals surface area contributed by atoms with Crippen LogP contribution in [-0.4, -0.2) is 60.2 Å². The zero-order valence-corrected chi connectivity index (χ0v) is 17.5. The van der Waals surface area contributed by atoms with Crippen LogP contribution in [0.5, 0.6) is 0 Å². The van der Waals surface area contributed by atoms with Crippen molar-refractivity contribution in [3.63, 3.8) is 0 Å². The summed E-state index contributed by atoms with van der Waals surface area (Å²) in [7, 11) is 2.19. The molecule has 0 aromatic rings. The lowest BCUT2D eigenvalue weighted by molar-refractivity contribution is 0.337. The molecule has 1 heterocycles. The van der Waals surface area contributed by atoms with Crippen LogP contribution >= 0.6 is 11.9 Å². The minimum absolute atomic E-state index is 0.378. The zero-order valence-electron chi connectivity index (χ0n) is 16.7. The van der Waals surface area contributed by atoms with Crippen molar-refractivity contribution in [3.8, 4) is 0 Å². The van der Waals surface area contributed by atoms with Gasteiger partial charge >= 0.3 is 0 Å². The van der Waals surface area contributed by atoms with Crippen LogP contribution in [0.1, 0.15) is 45.4 Å². The molecule has 2 rings (SSSR count). The van der Waals surface area contributed by atoms with Gasteiger partial charge in [0.1, 0.15) is 5.84 Å². The monoisotopic (exact) mass is 374 g/mol. The largest absolute Gasteiger partial charge is 0.356 e. The van der Waals surface area contributed by atoms with E-state index in [0.29, 0.717) is 12.1 Å². The Hall–Kier alpha value is -1.33. The van der Waals surface area contributed by atoms with Crippen molar-refractivity contribution in [1.82, 2.24) is 9.21 Å². The van der Waals surface area contributed by atoms with E-state index in [1.807, 2.05) is 24.2 Å². The lowest BCUT2D eigenvalue weighted by Crippen LogP contribution is -2.38. The number of aliphatic imine (C=N–C) groups is 2. The maximum absolute atomic E-state index is 5.23. The number of hydrogen-bond donors (Lipinski definition) is 0. The molecule has 0 atom stereocenters. The molecule has 0 amide bonds. The van der Waals surface area contributed by atoms with Crippen molar-refractivity contribution in [2.75, 3.05) is 26.4 Å². The quantitative estimate of drug-likeness (QED) is 0.280. The summed E-state index contributed by atoms with van der Waals surface area (Å²) in [4.78, 5) is 11.7. The van der Waals surface area contributed by atoms with E-state index in [9.17, 15) is 0 Å². The fraction of sp³-hybridized carbons (Fsp3) is 0.619. The van der Waals surface area contributed by atoms with Gasteiger partial charge in [-0.1, -0.05) is 43.0 Å². The number of likely N-dealkylation sites (N-methyl/N-ethyl adjacent to an activating group) is 1. The van der Waals surface area contributed by atoms with Gasteiger partial charge in [-0.25, -0.2) is 0 Å². The first kappa shape index (κ1) is 21.0. The normalized spacial score (nSPS) is 21.9. The molecule has 0 unspecified atom stereocenters. The van der Waals surface area contributed by atoms with Crippen LogP contribution in [0.15, 0.2) is 46.1 Å². The second-order valence-corrected chi connectivity index (χ2v) is 8.09. The van der Waals surface area contributed by atoms with E-state index >= 15 is 0 Å². The first-order chi connectivity index (χ1) is 12.6. The predicted octanol–water partition coefficient (Wildman–Crippen LogP) is 4.72. The molecule has 0 bridgehead atoms. The molecule has 2 aliphatic rings. The number of allylic oxidation sites excluding steroid dienone is 2. The van der Waals surface area contributed by atoms with Crippen LogP contribution in [-0.2, 0) is 0 Å². The van der Waals surface area contributed by atoms with Crippen molar-refractivity contribution in [3.05, 3.63) is 36.1 Å². The first-order valence-electron chi connectivity index (χ1n) is 9.65. The van der Waals surface area contributed by atoms with Gasteiger partial charge in [0.2, 0.25) is 0 Å². The average molecular weight is 375 g/mol. The van der Waals surface area contributed by atoms with Gasteiger partial charge in [0, 0.05) is 38.0 Å². The highest BCUT2D eigenvalue weighted by molar-refractivity contribution is 7.96. The first-order valence-corrected chi connectivity index (χ1v) is 10.8. The summed E-state index contributed by atoms with van der Waals surface area (Å²) in [6, 6.07) is 0.952. The summed E-state index contributed by atoms with van der Waals surface area (Å²) in [5.74, 6) is 1.06. The SMILES string of the molecule is C=C/C(C)=C\C(=C\N=C)C(=NC1CCN(SC)CC1)N(C)C1CCCC1. The Balaban J connectivity index is 2.30. The molecule has 1 aliphatic carbocycles. The Kier molecular flexibility index (Phi) is 8.66. The summed E-state index contributed by atoms with van der Waals surface area (Å²) in [5.41, 5.74) is 2.16. The van der Waals surface area contributed by atoms with E-state index < -0.39 is 0 Å². The highest BCUT2D eigenvalue weighted by Gasteiger charge is 2.26. The van der Waals surface area contributed by atoms with Crippen LogP contribution in [0, 0.1) is 0 Å². The zero-order chi connectivity index (χ0) is 18.9. The van der Waals surface area contributed by atoms with E-state index in [4.69, 9.17) is 4.99 Å². The molecule has 0 aromatic carbocycles. The van der Waals surface area contributed by atoms with E-state index in [1.165, 1.54) is 25.7 Å². The highest BCUT2D eigenvalue weighted by Crippen LogP contribution is 2.26. The summed E-state index contributed by atoms with van der Waals surface area (Å²) >= 11 is 1.84. The van der Waals surface area contributed by atoms with Crippen LogP contribution in [0.3, 0.4) is 0 Å². The Morgan fingerprint density at radius 2 is 1.85 bits per heavy atom. The van der Waals surface area contributed by atoms with E-state index in [-0.39, 0.29) is 0 Å². The molecule has 4 nitrogen and oxygen atoms in total. The molecule has 1 saturated carbocycles. The number of nitrogens with zero attached hydrogens (tertiary/aromatic N) is 4.